The normalized spacial score (nSPS) is 19.6. The molecule has 1 saturated heterocycles. The topological polar surface area (TPSA) is 88.8 Å². The van der Waals surface area contributed by atoms with Crippen molar-refractivity contribution in [1.82, 2.24) is 15.7 Å². The van der Waals surface area contributed by atoms with Crippen LogP contribution in [0.15, 0.2) is 52.0 Å². The molecule has 2 N–H and O–H groups in total. The summed E-state index contributed by atoms with van der Waals surface area (Å²) in [6.07, 6.45) is 3.65. The Morgan fingerprint density at radius 2 is 1.88 bits per heavy atom. The third kappa shape index (κ3) is 4.39. The zero-order valence-corrected chi connectivity index (χ0v) is 18.3. The average molecular weight is 433 g/mol. The van der Waals surface area contributed by atoms with Crippen LogP contribution in [0.25, 0.3) is 22.6 Å². The number of fused-ring (bicyclic) bond motifs is 1. The maximum Gasteiger partial charge on any atom is 0.240 e. The van der Waals surface area contributed by atoms with Gasteiger partial charge in [0, 0.05) is 23.5 Å². The van der Waals surface area contributed by atoms with Gasteiger partial charge in [0.05, 0.1) is 12.3 Å². The molecule has 3 aromatic rings. The Bertz CT molecular complexity index is 1130. The van der Waals surface area contributed by atoms with Crippen LogP contribution in [0.5, 0.6) is 5.75 Å². The molecular formula is C25H28N4O3. The fraction of sp³-hybridized carbons (Fsp3) is 0.400. The molecule has 0 bridgehead atoms. The molecule has 2 aliphatic heterocycles. The first kappa shape index (κ1) is 20.7. The monoisotopic (exact) mass is 432 g/mol. The van der Waals surface area contributed by atoms with Crippen molar-refractivity contribution in [2.75, 3.05) is 19.7 Å². The number of piperidine rings is 1. The first-order valence-corrected chi connectivity index (χ1v) is 11.4. The number of ether oxygens (including phenoxy) is 1. The van der Waals surface area contributed by atoms with Gasteiger partial charge in [-0.05, 0) is 74.7 Å². The molecule has 1 fully saturated rings. The van der Waals surface area contributed by atoms with Gasteiger partial charge in [0.15, 0.2) is 5.58 Å². The van der Waals surface area contributed by atoms with Crippen LogP contribution in [0.4, 0.5) is 0 Å². The van der Waals surface area contributed by atoms with E-state index in [0.717, 1.165) is 54.2 Å². The molecule has 7 heteroatoms. The van der Waals surface area contributed by atoms with Crippen LogP contribution in [0, 0.1) is 11.8 Å². The standard InChI is InChI=1S/C25H28N4O3/c1-2-17-14-23(30)28-29-24(17)19-5-8-21-22(13-19)32-25(27-21)18-3-6-20(7-4-18)31-15-16-9-11-26-12-10-16/h3-8,13,16-17,26H,2,9-12,14-15H2,1H3,(H,28,30). The first-order chi connectivity index (χ1) is 15.7. The maximum atomic E-state index is 11.7. The summed E-state index contributed by atoms with van der Waals surface area (Å²) in [7, 11) is 0. The second kappa shape index (κ2) is 9.12. The molecule has 1 atom stereocenters. The number of aromatic nitrogens is 1. The minimum Gasteiger partial charge on any atom is -0.493 e. The lowest BCUT2D eigenvalue weighted by atomic mass is 9.90. The van der Waals surface area contributed by atoms with Gasteiger partial charge in [-0.15, -0.1) is 0 Å². The molecule has 2 aliphatic rings. The van der Waals surface area contributed by atoms with E-state index >= 15 is 0 Å². The van der Waals surface area contributed by atoms with E-state index in [0.29, 0.717) is 23.8 Å². The van der Waals surface area contributed by atoms with Crippen molar-refractivity contribution in [2.24, 2.45) is 16.9 Å². The summed E-state index contributed by atoms with van der Waals surface area (Å²) in [4.78, 5) is 16.3. The van der Waals surface area contributed by atoms with Crippen molar-refractivity contribution in [3.05, 3.63) is 48.0 Å². The molecule has 1 unspecified atom stereocenters. The summed E-state index contributed by atoms with van der Waals surface area (Å²) < 4.78 is 12.1. The second-order valence-electron chi connectivity index (χ2n) is 8.57. The zero-order valence-electron chi connectivity index (χ0n) is 18.3. The highest BCUT2D eigenvalue weighted by atomic mass is 16.5. The highest BCUT2D eigenvalue weighted by Gasteiger charge is 2.24. The quantitative estimate of drug-likeness (QED) is 0.612. The molecule has 0 spiro atoms. The molecular weight excluding hydrogens is 404 g/mol. The summed E-state index contributed by atoms with van der Waals surface area (Å²) in [6, 6.07) is 13.8. The first-order valence-electron chi connectivity index (χ1n) is 11.4. The number of hydrazone groups is 1. The Labute approximate surface area is 187 Å². The molecule has 2 aromatic carbocycles. The summed E-state index contributed by atoms with van der Waals surface area (Å²) in [5, 5.41) is 7.69. The number of amides is 1. The third-order valence-corrected chi connectivity index (χ3v) is 6.34. The van der Waals surface area contributed by atoms with Gasteiger partial charge in [-0.1, -0.05) is 13.0 Å². The molecule has 3 heterocycles. The average Bonchev–Trinajstić information content (AvgIpc) is 3.27. The Morgan fingerprint density at radius 3 is 2.66 bits per heavy atom. The van der Waals surface area contributed by atoms with E-state index < -0.39 is 0 Å². The Hall–Kier alpha value is -3.19. The van der Waals surface area contributed by atoms with Crippen molar-refractivity contribution >= 4 is 22.7 Å². The fourth-order valence-electron chi connectivity index (χ4n) is 4.38. The van der Waals surface area contributed by atoms with Crippen LogP contribution >= 0.6 is 0 Å². The number of rotatable bonds is 6. The number of nitrogens with zero attached hydrogens (tertiary/aromatic N) is 2. The number of benzene rings is 2. The van der Waals surface area contributed by atoms with E-state index in [4.69, 9.17) is 9.15 Å². The lowest BCUT2D eigenvalue weighted by Crippen LogP contribution is -2.33. The van der Waals surface area contributed by atoms with Crippen LogP contribution in [0.3, 0.4) is 0 Å². The maximum absolute atomic E-state index is 11.7. The molecule has 32 heavy (non-hydrogen) atoms. The predicted octanol–water partition coefficient (Wildman–Crippen LogP) is 4.12. The van der Waals surface area contributed by atoms with Crippen molar-refractivity contribution in [2.45, 2.75) is 32.6 Å². The van der Waals surface area contributed by atoms with E-state index in [1.807, 2.05) is 42.5 Å². The van der Waals surface area contributed by atoms with Crippen LogP contribution < -0.4 is 15.5 Å². The van der Waals surface area contributed by atoms with Gasteiger partial charge in [0.25, 0.3) is 0 Å². The Morgan fingerprint density at radius 1 is 1.09 bits per heavy atom. The summed E-state index contributed by atoms with van der Waals surface area (Å²) >= 11 is 0. The van der Waals surface area contributed by atoms with E-state index in [-0.39, 0.29) is 11.8 Å². The fourth-order valence-corrected chi connectivity index (χ4v) is 4.38. The molecule has 166 valence electrons. The SMILES string of the molecule is CCC1CC(=O)NN=C1c1ccc2nc(-c3ccc(OCC4CCNCC4)cc3)oc2c1. The van der Waals surface area contributed by atoms with Gasteiger partial charge in [-0.25, -0.2) is 10.4 Å². The lowest BCUT2D eigenvalue weighted by molar-refractivity contribution is -0.122. The van der Waals surface area contributed by atoms with E-state index in [1.54, 1.807) is 0 Å². The molecule has 5 rings (SSSR count). The highest BCUT2D eigenvalue weighted by molar-refractivity contribution is 6.07. The third-order valence-electron chi connectivity index (χ3n) is 6.34. The molecule has 0 radical (unpaired) electrons. The largest absolute Gasteiger partial charge is 0.493 e. The van der Waals surface area contributed by atoms with E-state index in [2.05, 4.69) is 27.8 Å². The molecule has 1 amide bonds. The molecule has 7 nitrogen and oxygen atoms in total. The smallest absolute Gasteiger partial charge is 0.240 e. The summed E-state index contributed by atoms with van der Waals surface area (Å²) in [5.74, 6) is 2.14. The minimum absolute atomic E-state index is 0.0354. The molecule has 1 aromatic heterocycles. The van der Waals surface area contributed by atoms with Gasteiger partial charge < -0.3 is 14.5 Å². The van der Waals surface area contributed by atoms with Crippen molar-refractivity contribution in [3.63, 3.8) is 0 Å². The molecule has 0 aliphatic carbocycles. The van der Waals surface area contributed by atoms with Crippen LogP contribution in [0.2, 0.25) is 0 Å². The number of hydrogen-bond donors (Lipinski definition) is 2. The number of oxazole rings is 1. The van der Waals surface area contributed by atoms with Crippen molar-refractivity contribution in [1.29, 1.82) is 0 Å². The van der Waals surface area contributed by atoms with Crippen LogP contribution in [-0.4, -0.2) is 36.3 Å². The van der Waals surface area contributed by atoms with Gasteiger partial charge in [0.2, 0.25) is 11.8 Å². The highest BCUT2D eigenvalue weighted by Crippen LogP contribution is 2.28. The number of nitrogens with one attached hydrogen (secondary N) is 2. The van der Waals surface area contributed by atoms with E-state index in [1.165, 1.54) is 12.8 Å². The van der Waals surface area contributed by atoms with Gasteiger partial charge in [-0.3, -0.25) is 4.79 Å². The summed E-state index contributed by atoms with van der Waals surface area (Å²) in [6.45, 7) is 4.99. The Balaban J connectivity index is 1.32. The zero-order chi connectivity index (χ0) is 21.9. The van der Waals surface area contributed by atoms with E-state index in [9.17, 15) is 4.79 Å². The Kier molecular flexibility index (Phi) is 5.90. The van der Waals surface area contributed by atoms with Crippen molar-refractivity contribution in [3.8, 4) is 17.2 Å². The molecule has 0 saturated carbocycles. The number of carbonyl (C=O) groups is 1. The van der Waals surface area contributed by atoms with Crippen LogP contribution in [0.1, 0.15) is 38.2 Å². The predicted molar refractivity (Wildman–Crippen MR) is 124 cm³/mol. The number of carbonyl (C=O) groups excluding carboxylic acids is 1. The van der Waals surface area contributed by atoms with Gasteiger partial charge >= 0.3 is 0 Å². The lowest BCUT2D eigenvalue weighted by Gasteiger charge is -2.22. The minimum atomic E-state index is -0.0354. The number of hydrogen-bond acceptors (Lipinski definition) is 6. The van der Waals surface area contributed by atoms with Gasteiger partial charge in [-0.2, -0.15) is 5.10 Å². The van der Waals surface area contributed by atoms with Crippen molar-refractivity contribution < 1.29 is 13.9 Å². The van der Waals surface area contributed by atoms with Gasteiger partial charge in [0.1, 0.15) is 11.3 Å². The summed E-state index contributed by atoms with van der Waals surface area (Å²) in [5.41, 5.74) is 6.85. The second-order valence-corrected chi connectivity index (χ2v) is 8.57. The van der Waals surface area contributed by atoms with Crippen LogP contribution in [-0.2, 0) is 4.79 Å².